The molecule has 1 amide bonds. The van der Waals surface area contributed by atoms with E-state index in [4.69, 9.17) is 14.2 Å². The van der Waals surface area contributed by atoms with Crippen molar-refractivity contribution >= 4 is 17.7 Å². The van der Waals surface area contributed by atoms with E-state index in [0.717, 1.165) is 42.9 Å². The molecule has 0 N–H and O–H groups in total. The molecule has 0 unspecified atom stereocenters. The van der Waals surface area contributed by atoms with Gasteiger partial charge in [0.25, 0.3) is 5.91 Å². The quantitative estimate of drug-likeness (QED) is 0.427. The van der Waals surface area contributed by atoms with E-state index < -0.39 is 29.0 Å². The van der Waals surface area contributed by atoms with Crippen LogP contribution in [0.3, 0.4) is 0 Å². The number of amides is 1. The fraction of sp³-hybridized carbons (Fsp3) is 0.400. The van der Waals surface area contributed by atoms with Gasteiger partial charge < -0.3 is 19.1 Å². The fourth-order valence-electron chi connectivity index (χ4n) is 4.19. The minimum atomic E-state index is -4.67. The molecule has 2 aromatic rings. The van der Waals surface area contributed by atoms with Crippen LogP contribution in [-0.4, -0.2) is 63.9 Å². The van der Waals surface area contributed by atoms with Gasteiger partial charge in [-0.3, -0.25) is 9.69 Å². The van der Waals surface area contributed by atoms with Crippen LogP contribution in [0.5, 0.6) is 11.5 Å². The summed E-state index contributed by atoms with van der Waals surface area (Å²) >= 11 is 0. The van der Waals surface area contributed by atoms with Crippen LogP contribution in [0.15, 0.2) is 36.4 Å². The van der Waals surface area contributed by atoms with Gasteiger partial charge in [0.2, 0.25) is 0 Å². The Morgan fingerprint density at radius 2 is 1.89 bits per heavy atom. The van der Waals surface area contributed by atoms with E-state index >= 15 is 0 Å². The number of ether oxygens (including phenoxy) is 3. The summed E-state index contributed by atoms with van der Waals surface area (Å²) in [7, 11) is 1.54. The Hall–Kier alpha value is -3.11. The first-order chi connectivity index (χ1) is 16.8. The molecule has 1 fully saturated rings. The van der Waals surface area contributed by atoms with Crippen molar-refractivity contribution in [2.24, 2.45) is 0 Å². The molecule has 0 spiro atoms. The largest absolute Gasteiger partial charge is 0.493 e. The Balaban J connectivity index is 1.50. The molecule has 0 radical (unpaired) electrons. The van der Waals surface area contributed by atoms with Crippen molar-refractivity contribution in [2.75, 3.05) is 58.0 Å². The molecule has 0 atom stereocenters. The molecule has 2 aliphatic rings. The zero-order valence-electron chi connectivity index (χ0n) is 19.2. The maximum Gasteiger partial charge on any atom is 0.416 e. The Labute approximate surface area is 200 Å². The Morgan fingerprint density at radius 3 is 2.60 bits per heavy atom. The Morgan fingerprint density at radius 1 is 1.11 bits per heavy atom. The molecule has 10 heteroatoms. The van der Waals surface area contributed by atoms with E-state index in [9.17, 15) is 22.4 Å². The number of fused-ring (bicyclic) bond motifs is 1. The van der Waals surface area contributed by atoms with E-state index in [2.05, 4.69) is 4.90 Å². The van der Waals surface area contributed by atoms with Gasteiger partial charge >= 0.3 is 6.18 Å². The third-order valence-corrected chi connectivity index (χ3v) is 6.02. The van der Waals surface area contributed by atoms with Crippen LogP contribution < -0.4 is 14.4 Å². The van der Waals surface area contributed by atoms with Gasteiger partial charge in [-0.05, 0) is 47.9 Å². The lowest BCUT2D eigenvalue weighted by Gasteiger charge is -2.26. The third kappa shape index (κ3) is 5.94. The minimum Gasteiger partial charge on any atom is -0.493 e. The highest BCUT2D eigenvalue weighted by Gasteiger charge is 2.33. The van der Waals surface area contributed by atoms with Gasteiger partial charge in [0.1, 0.15) is 12.4 Å². The van der Waals surface area contributed by atoms with Crippen molar-refractivity contribution < 1.29 is 36.6 Å². The van der Waals surface area contributed by atoms with Gasteiger partial charge in [-0.1, -0.05) is 0 Å². The van der Waals surface area contributed by atoms with Crippen molar-refractivity contribution in [2.45, 2.75) is 12.6 Å². The van der Waals surface area contributed by atoms with Gasteiger partial charge in [-0.25, -0.2) is 4.39 Å². The summed E-state index contributed by atoms with van der Waals surface area (Å²) < 4.78 is 70.1. The van der Waals surface area contributed by atoms with Gasteiger partial charge in [-0.2, -0.15) is 13.2 Å². The zero-order chi connectivity index (χ0) is 25.0. The number of carbonyl (C=O) groups excluding carboxylic acids is 1. The number of nitrogens with zero attached hydrogens (tertiary/aromatic N) is 2. The predicted molar refractivity (Wildman–Crippen MR) is 122 cm³/mol. The van der Waals surface area contributed by atoms with E-state index in [1.54, 1.807) is 6.07 Å². The standard InChI is InChI=1S/C25H26F4N2O4/c1-33-22-15-18-6-7-31(21(18)16-23(22)35-13-10-30-8-11-34-12-9-30)24(32)5-2-17-14-19(26)3-4-20(17)25(27,28)29/h2-5,14-16H,6-13H2,1H3/b5-2+. The summed E-state index contributed by atoms with van der Waals surface area (Å²) in [6.07, 6.45) is -2.08. The highest BCUT2D eigenvalue weighted by atomic mass is 19.4. The van der Waals surface area contributed by atoms with E-state index in [0.29, 0.717) is 62.6 Å². The number of carbonyl (C=O) groups is 1. The van der Waals surface area contributed by atoms with E-state index in [1.165, 1.54) is 12.0 Å². The summed E-state index contributed by atoms with van der Waals surface area (Å²) in [5, 5.41) is 0. The number of morpholine rings is 1. The lowest BCUT2D eigenvalue weighted by Crippen LogP contribution is -2.38. The van der Waals surface area contributed by atoms with Gasteiger partial charge in [0.15, 0.2) is 11.5 Å². The molecule has 0 bridgehead atoms. The number of halogens is 4. The van der Waals surface area contributed by atoms with Crippen molar-refractivity contribution in [3.05, 3.63) is 58.9 Å². The van der Waals surface area contributed by atoms with Crippen LogP contribution in [0, 0.1) is 5.82 Å². The molecule has 35 heavy (non-hydrogen) atoms. The van der Waals surface area contributed by atoms with Gasteiger partial charge in [0, 0.05) is 38.3 Å². The number of anilines is 1. The van der Waals surface area contributed by atoms with Crippen molar-refractivity contribution in [1.29, 1.82) is 0 Å². The van der Waals surface area contributed by atoms with Gasteiger partial charge in [0.05, 0.1) is 31.6 Å². The van der Waals surface area contributed by atoms with Crippen LogP contribution in [0.25, 0.3) is 6.08 Å². The molecular formula is C25H26F4N2O4. The smallest absolute Gasteiger partial charge is 0.416 e. The molecule has 0 aliphatic carbocycles. The number of hydrogen-bond acceptors (Lipinski definition) is 5. The number of methoxy groups -OCH3 is 1. The summed E-state index contributed by atoms with van der Waals surface area (Å²) in [5.74, 6) is -0.300. The zero-order valence-corrected chi connectivity index (χ0v) is 19.2. The molecule has 0 saturated carbocycles. The summed E-state index contributed by atoms with van der Waals surface area (Å²) in [6.45, 7) is 4.53. The average Bonchev–Trinajstić information content (AvgIpc) is 3.24. The number of rotatable bonds is 7. The van der Waals surface area contributed by atoms with Crippen molar-refractivity contribution in [3.8, 4) is 11.5 Å². The Bertz CT molecular complexity index is 1100. The average molecular weight is 494 g/mol. The normalized spacial score (nSPS) is 16.5. The van der Waals surface area contributed by atoms with Crippen LogP contribution in [-0.2, 0) is 22.1 Å². The van der Waals surface area contributed by atoms with Crippen LogP contribution in [0.1, 0.15) is 16.7 Å². The lowest BCUT2D eigenvalue weighted by molar-refractivity contribution is -0.137. The maximum absolute atomic E-state index is 13.6. The highest BCUT2D eigenvalue weighted by Crippen LogP contribution is 2.39. The fourth-order valence-corrected chi connectivity index (χ4v) is 4.19. The Kier molecular flexibility index (Phi) is 7.61. The predicted octanol–water partition coefficient (Wildman–Crippen LogP) is 4.17. The topological polar surface area (TPSA) is 51.2 Å². The second-order valence-corrected chi connectivity index (χ2v) is 8.24. The molecular weight excluding hydrogens is 468 g/mol. The minimum absolute atomic E-state index is 0.355. The summed E-state index contributed by atoms with van der Waals surface area (Å²) in [4.78, 5) is 16.6. The first-order valence-corrected chi connectivity index (χ1v) is 11.3. The first-order valence-electron chi connectivity index (χ1n) is 11.3. The lowest BCUT2D eigenvalue weighted by atomic mass is 10.1. The molecule has 2 aliphatic heterocycles. The molecule has 188 valence electrons. The van der Waals surface area contributed by atoms with E-state index in [1.807, 2.05) is 6.07 Å². The third-order valence-electron chi connectivity index (χ3n) is 6.02. The summed E-state index contributed by atoms with van der Waals surface area (Å²) in [6, 6.07) is 5.69. The number of benzene rings is 2. The first kappa shape index (κ1) is 25.0. The second-order valence-electron chi connectivity index (χ2n) is 8.24. The molecule has 1 saturated heterocycles. The number of hydrogen-bond donors (Lipinski definition) is 0. The molecule has 4 rings (SSSR count). The van der Waals surface area contributed by atoms with Crippen molar-refractivity contribution in [3.63, 3.8) is 0 Å². The molecule has 2 aromatic carbocycles. The second kappa shape index (κ2) is 10.7. The SMILES string of the molecule is COc1cc2c(cc1OCCN1CCOCC1)N(C(=O)/C=C/c1cc(F)ccc1C(F)(F)F)CC2. The van der Waals surface area contributed by atoms with Crippen LogP contribution in [0.4, 0.5) is 23.2 Å². The monoisotopic (exact) mass is 494 g/mol. The highest BCUT2D eigenvalue weighted by molar-refractivity contribution is 6.05. The van der Waals surface area contributed by atoms with Crippen molar-refractivity contribution in [1.82, 2.24) is 4.90 Å². The maximum atomic E-state index is 13.6. The molecule has 0 aromatic heterocycles. The number of alkyl halides is 3. The van der Waals surface area contributed by atoms with E-state index in [-0.39, 0.29) is 0 Å². The van der Waals surface area contributed by atoms with Crippen LogP contribution >= 0.6 is 0 Å². The summed E-state index contributed by atoms with van der Waals surface area (Å²) in [5.41, 5.74) is 0.0561. The van der Waals surface area contributed by atoms with Gasteiger partial charge in [-0.15, -0.1) is 0 Å². The molecule has 2 heterocycles. The molecule has 6 nitrogen and oxygen atoms in total. The van der Waals surface area contributed by atoms with Crippen LogP contribution in [0.2, 0.25) is 0 Å².